The summed E-state index contributed by atoms with van der Waals surface area (Å²) < 4.78 is 17.3. The number of likely N-dealkylation sites (tertiary alicyclic amines) is 1. The number of aromatic nitrogens is 2. The molecule has 5 aromatic rings. The summed E-state index contributed by atoms with van der Waals surface area (Å²) in [6, 6.07) is 15.3. The summed E-state index contributed by atoms with van der Waals surface area (Å²) in [6.07, 6.45) is 12.8. The standard InChI is InChI=1S/C61H79Cl2N9O8S/c1-40-57(81-39-67-40)42-22-20-41(21-23-42)36-66-59(76)50-30-44(73)38-72(50)60(77)58(61(2,3)4)69-54(74)18-15-13-11-9-7-8-10-12-14-16-19-55(75)71-27-25-70(26-28-71)24-17-29-80-53-33-48-45(31-52(53)79-6)56(43(35-64)37-65-48)68-49-34-51(78-5)47(63)32-46(49)62/h20-23,31-34,37,39,44,50,58,73H,7-19,24-30,36,38H2,1-6H3,(H,65,68)(H,66,76)(H,69,74)/t44?,50?,58-/m1/s1. The number of nitrogens with one attached hydrogen (secondary N) is 3. The lowest BCUT2D eigenvalue weighted by atomic mass is 9.85. The molecule has 0 bridgehead atoms. The molecule has 436 valence electrons. The third-order valence-electron chi connectivity index (χ3n) is 15.1. The van der Waals surface area contributed by atoms with E-state index in [1.165, 1.54) is 18.2 Å². The van der Waals surface area contributed by atoms with E-state index in [9.17, 15) is 29.5 Å². The lowest BCUT2D eigenvalue weighted by molar-refractivity contribution is -0.144. The van der Waals surface area contributed by atoms with E-state index in [1.807, 2.05) is 62.4 Å². The van der Waals surface area contributed by atoms with Gasteiger partial charge in [-0.1, -0.05) is 120 Å². The SMILES string of the molecule is COc1cc(Nc2c(C#N)cnc3cc(OCCCN4CCN(C(=O)CCCCCCCCCCCCC(=O)N[C@H](C(=O)N5CC(O)CC5C(=O)NCc5ccc(-c6scnc6C)cc5)C(C)(C)C)CC4)c(OC)cc23)c(Cl)cc1Cl. The Hall–Kier alpha value is -6.23. The summed E-state index contributed by atoms with van der Waals surface area (Å²) in [4.78, 5) is 69.6. The molecule has 0 radical (unpaired) electrons. The van der Waals surface area contributed by atoms with Gasteiger partial charge in [-0.25, -0.2) is 4.98 Å². The van der Waals surface area contributed by atoms with Crippen LogP contribution in [0.3, 0.4) is 0 Å². The van der Waals surface area contributed by atoms with E-state index in [1.54, 1.807) is 42.7 Å². The van der Waals surface area contributed by atoms with Gasteiger partial charge in [-0.3, -0.25) is 29.1 Å². The molecule has 4 heterocycles. The van der Waals surface area contributed by atoms with E-state index < -0.39 is 23.6 Å². The molecular formula is C61H79Cl2N9O8S. The maximum Gasteiger partial charge on any atom is 0.246 e. The van der Waals surface area contributed by atoms with Crippen molar-refractivity contribution >= 4 is 80.4 Å². The van der Waals surface area contributed by atoms with Gasteiger partial charge in [-0.2, -0.15) is 5.26 Å². The number of anilines is 2. The molecular weight excluding hydrogens is 1090 g/mol. The van der Waals surface area contributed by atoms with Crippen LogP contribution in [-0.4, -0.2) is 132 Å². The zero-order valence-corrected chi connectivity index (χ0v) is 50.0. The number of hydrogen-bond donors (Lipinski definition) is 4. The molecule has 3 aromatic carbocycles. The van der Waals surface area contributed by atoms with Crippen LogP contribution in [0.4, 0.5) is 11.4 Å². The minimum absolute atomic E-state index is 0.0331. The van der Waals surface area contributed by atoms with Gasteiger partial charge in [0.15, 0.2) is 11.5 Å². The Labute approximate surface area is 491 Å². The van der Waals surface area contributed by atoms with Crippen molar-refractivity contribution in [2.45, 2.75) is 142 Å². The fourth-order valence-corrected chi connectivity index (χ4v) is 11.8. The van der Waals surface area contributed by atoms with Crippen molar-refractivity contribution in [1.82, 2.24) is 35.3 Å². The number of carbonyl (C=O) groups is 4. The van der Waals surface area contributed by atoms with Crippen LogP contribution < -0.4 is 30.2 Å². The Morgan fingerprint density at radius 1 is 0.840 bits per heavy atom. The normalized spacial score (nSPS) is 16.0. The quantitative estimate of drug-likeness (QED) is 0.0344. The van der Waals surface area contributed by atoms with Gasteiger partial charge in [0, 0.05) is 88.8 Å². The van der Waals surface area contributed by atoms with Crippen molar-refractivity contribution < 1.29 is 38.5 Å². The Balaban J connectivity index is 0.716. The number of rotatable bonds is 28. The van der Waals surface area contributed by atoms with Gasteiger partial charge in [0.2, 0.25) is 23.6 Å². The van der Waals surface area contributed by atoms with E-state index in [0.717, 1.165) is 125 Å². The molecule has 4 amide bonds. The lowest BCUT2D eigenvalue weighted by Gasteiger charge is -2.35. The number of pyridine rings is 1. The van der Waals surface area contributed by atoms with E-state index in [0.29, 0.717) is 74.6 Å². The number of halogens is 2. The van der Waals surface area contributed by atoms with Gasteiger partial charge >= 0.3 is 0 Å². The number of aryl methyl sites for hydroxylation is 1. The number of carbonyl (C=O) groups excluding carboxylic acids is 4. The topological polar surface area (TPSA) is 212 Å². The van der Waals surface area contributed by atoms with Gasteiger partial charge in [-0.15, -0.1) is 11.3 Å². The molecule has 20 heteroatoms. The van der Waals surface area contributed by atoms with Gasteiger partial charge in [0.1, 0.15) is 23.9 Å². The Kier molecular flexibility index (Phi) is 23.2. The number of nitriles is 1. The fourth-order valence-electron chi connectivity index (χ4n) is 10.4. The Morgan fingerprint density at radius 2 is 1.51 bits per heavy atom. The number of ether oxygens (including phenoxy) is 3. The van der Waals surface area contributed by atoms with Crippen molar-refractivity contribution in [2.24, 2.45) is 5.41 Å². The van der Waals surface area contributed by atoms with Crippen LogP contribution in [0, 0.1) is 23.7 Å². The number of unbranched alkanes of at least 4 members (excludes halogenated alkanes) is 9. The highest BCUT2D eigenvalue weighted by molar-refractivity contribution is 7.13. The lowest BCUT2D eigenvalue weighted by Crippen LogP contribution is -2.57. The third-order valence-corrected chi connectivity index (χ3v) is 16.7. The molecule has 3 atom stereocenters. The maximum atomic E-state index is 14.0. The molecule has 0 saturated carbocycles. The Bertz CT molecular complexity index is 2970. The predicted molar refractivity (Wildman–Crippen MR) is 319 cm³/mol. The summed E-state index contributed by atoms with van der Waals surface area (Å²) >= 11 is 14.3. The largest absolute Gasteiger partial charge is 0.495 e. The van der Waals surface area contributed by atoms with Gasteiger partial charge in [0.25, 0.3) is 0 Å². The highest BCUT2D eigenvalue weighted by Gasteiger charge is 2.44. The zero-order valence-electron chi connectivity index (χ0n) is 47.7. The number of hydrogen-bond acceptors (Lipinski definition) is 14. The van der Waals surface area contributed by atoms with Crippen molar-refractivity contribution in [3.8, 4) is 33.8 Å². The average Bonchev–Trinajstić information content (AvgIpc) is 4.10. The molecule has 17 nitrogen and oxygen atoms in total. The number of β-amino-alcohol motifs (C(OH)–C–C–N with tert-alkyl or cyclic N) is 1. The van der Waals surface area contributed by atoms with Crippen molar-refractivity contribution in [3.63, 3.8) is 0 Å². The van der Waals surface area contributed by atoms with Crippen LogP contribution in [-0.2, 0) is 25.7 Å². The van der Waals surface area contributed by atoms with E-state index in [2.05, 4.69) is 36.9 Å². The number of methoxy groups -OCH3 is 2. The van der Waals surface area contributed by atoms with Gasteiger partial charge in [0.05, 0.1) is 75.5 Å². The average molecular weight is 1170 g/mol. The first-order chi connectivity index (χ1) is 39.0. The second-order valence-electron chi connectivity index (χ2n) is 22.2. The van der Waals surface area contributed by atoms with Gasteiger partial charge < -0.3 is 45.1 Å². The molecule has 2 aliphatic rings. The Morgan fingerprint density at radius 3 is 2.14 bits per heavy atom. The minimum Gasteiger partial charge on any atom is -0.495 e. The monoisotopic (exact) mass is 1170 g/mol. The molecule has 0 spiro atoms. The van der Waals surface area contributed by atoms with Crippen molar-refractivity contribution in [2.75, 3.05) is 65.4 Å². The van der Waals surface area contributed by atoms with Crippen LogP contribution in [0.2, 0.25) is 10.0 Å². The first-order valence-corrected chi connectivity index (χ1v) is 30.0. The molecule has 4 N–H and O–H groups in total. The summed E-state index contributed by atoms with van der Waals surface area (Å²) in [6.45, 7) is 12.4. The highest BCUT2D eigenvalue weighted by Crippen LogP contribution is 2.41. The summed E-state index contributed by atoms with van der Waals surface area (Å²) in [5.41, 5.74) is 6.11. The van der Waals surface area contributed by atoms with Crippen LogP contribution in [0.15, 0.2) is 60.2 Å². The van der Waals surface area contributed by atoms with Crippen molar-refractivity contribution in [3.05, 3.63) is 87.1 Å². The number of nitrogens with zero attached hydrogens (tertiary/aromatic N) is 6. The second kappa shape index (κ2) is 30.2. The van der Waals surface area contributed by atoms with E-state index >= 15 is 0 Å². The first-order valence-electron chi connectivity index (χ1n) is 28.4. The number of fused-ring (bicyclic) bond motifs is 1. The third kappa shape index (κ3) is 17.4. The molecule has 2 aromatic heterocycles. The summed E-state index contributed by atoms with van der Waals surface area (Å²) in [5.74, 6) is 0.837. The van der Waals surface area contributed by atoms with E-state index in [4.69, 9.17) is 37.4 Å². The molecule has 7 rings (SSSR count). The number of thiazole rings is 1. The summed E-state index contributed by atoms with van der Waals surface area (Å²) in [5, 5.41) is 31.1. The minimum atomic E-state index is -0.848. The number of aliphatic hydroxyl groups excluding tert-OH is 1. The van der Waals surface area contributed by atoms with Crippen LogP contribution in [0.25, 0.3) is 21.3 Å². The van der Waals surface area contributed by atoms with Gasteiger partial charge in [-0.05, 0) is 54.9 Å². The van der Waals surface area contributed by atoms with Crippen molar-refractivity contribution in [1.29, 1.82) is 5.26 Å². The number of benzene rings is 3. The molecule has 2 aliphatic heterocycles. The molecule has 81 heavy (non-hydrogen) atoms. The fraction of sp³-hybridized carbons (Fsp3) is 0.525. The predicted octanol–water partition coefficient (Wildman–Crippen LogP) is 11.0. The zero-order chi connectivity index (χ0) is 58.1. The molecule has 0 aliphatic carbocycles. The summed E-state index contributed by atoms with van der Waals surface area (Å²) in [7, 11) is 3.08. The highest BCUT2D eigenvalue weighted by atomic mass is 35.5. The van der Waals surface area contributed by atoms with Crippen LogP contribution >= 0.6 is 34.5 Å². The molecule has 2 saturated heterocycles. The number of aliphatic hydroxyl groups is 1. The smallest absolute Gasteiger partial charge is 0.246 e. The number of amides is 4. The van der Waals surface area contributed by atoms with Crippen LogP contribution in [0.1, 0.15) is 127 Å². The van der Waals surface area contributed by atoms with E-state index in [-0.39, 0.29) is 43.1 Å². The molecule has 2 fully saturated rings. The second-order valence-corrected chi connectivity index (χ2v) is 23.8. The van der Waals surface area contributed by atoms with Crippen LogP contribution in [0.5, 0.6) is 17.2 Å². The first kappa shape index (κ1) is 62.4. The maximum absolute atomic E-state index is 14.0. The molecule has 2 unspecified atom stereocenters. The number of piperazine rings is 1.